The number of hydrogen-bond donors (Lipinski definition) is 1. The molecule has 2 aromatic rings. The summed E-state index contributed by atoms with van der Waals surface area (Å²) in [5, 5.41) is 0. The predicted octanol–water partition coefficient (Wildman–Crippen LogP) is 3.90. The van der Waals surface area contributed by atoms with Gasteiger partial charge < -0.3 is 5.73 Å². The Labute approximate surface area is 119 Å². The van der Waals surface area contributed by atoms with E-state index in [1.807, 2.05) is 6.92 Å². The van der Waals surface area contributed by atoms with Gasteiger partial charge >= 0.3 is 0 Å². The highest BCUT2D eigenvalue weighted by atomic mass is 79.9. The van der Waals surface area contributed by atoms with Crippen LogP contribution in [0.2, 0.25) is 0 Å². The number of nitrogen functional groups attached to an aromatic ring is 1. The molecule has 0 atom stereocenters. The van der Waals surface area contributed by atoms with Crippen molar-refractivity contribution in [1.82, 2.24) is 0 Å². The number of hydrogen-bond acceptors (Lipinski definition) is 2. The Bertz CT molecular complexity index is 640. The van der Waals surface area contributed by atoms with Gasteiger partial charge in [0.2, 0.25) is 0 Å². The van der Waals surface area contributed by atoms with Gasteiger partial charge in [-0.15, -0.1) is 0 Å². The minimum Gasteiger partial charge on any atom is -0.399 e. The Kier molecular flexibility index (Phi) is 4.00. The van der Waals surface area contributed by atoms with Crippen LogP contribution in [0.5, 0.6) is 0 Å². The second kappa shape index (κ2) is 5.53. The molecule has 4 heteroatoms. The smallest absolute Gasteiger partial charge is 0.167 e. The van der Waals surface area contributed by atoms with Gasteiger partial charge in [-0.25, -0.2) is 4.39 Å². The van der Waals surface area contributed by atoms with Crippen LogP contribution in [0.1, 0.15) is 21.5 Å². The third-order valence-electron chi connectivity index (χ3n) is 2.94. The molecule has 98 valence electrons. The van der Waals surface area contributed by atoms with Gasteiger partial charge in [0.1, 0.15) is 5.82 Å². The van der Waals surface area contributed by atoms with Gasteiger partial charge in [0.15, 0.2) is 5.78 Å². The fraction of sp³-hybridized carbons (Fsp3) is 0.133. The third-order valence-corrected chi connectivity index (χ3v) is 3.55. The molecule has 0 amide bonds. The minimum atomic E-state index is -0.334. The standard InChI is InChI=1S/C15H13BrFNO/c1-9-6-11(3-5-14(9)18)15(19)8-10-2-4-13(17)12(16)7-10/h2-7H,8,18H2,1H3. The van der Waals surface area contributed by atoms with Crippen molar-refractivity contribution in [3.05, 3.63) is 63.4 Å². The first-order valence-corrected chi connectivity index (χ1v) is 6.60. The number of anilines is 1. The molecule has 0 spiro atoms. The number of ketones is 1. The van der Waals surface area contributed by atoms with E-state index >= 15 is 0 Å². The number of halogens is 2. The maximum absolute atomic E-state index is 13.1. The van der Waals surface area contributed by atoms with Gasteiger partial charge in [0.05, 0.1) is 4.47 Å². The van der Waals surface area contributed by atoms with Gasteiger partial charge in [0, 0.05) is 17.7 Å². The summed E-state index contributed by atoms with van der Waals surface area (Å²) in [6.45, 7) is 1.86. The number of carbonyl (C=O) groups is 1. The van der Waals surface area contributed by atoms with Crippen molar-refractivity contribution in [3.8, 4) is 0 Å². The van der Waals surface area contributed by atoms with Gasteiger partial charge in [0.25, 0.3) is 0 Å². The summed E-state index contributed by atoms with van der Waals surface area (Å²) < 4.78 is 13.5. The lowest BCUT2D eigenvalue weighted by Crippen LogP contribution is -2.05. The number of Topliss-reactive ketones (excluding diaryl/α,β-unsaturated/α-hetero) is 1. The summed E-state index contributed by atoms with van der Waals surface area (Å²) in [6.07, 6.45) is 0.238. The Hall–Kier alpha value is -1.68. The minimum absolute atomic E-state index is 0.0124. The van der Waals surface area contributed by atoms with E-state index in [2.05, 4.69) is 15.9 Å². The average molecular weight is 322 g/mol. The van der Waals surface area contributed by atoms with Crippen LogP contribution in [0.15, 0.2) is 40.9 Å². The topological polar surface area (TPSA) is 43.1 Å². The maximum atomic E-state index is 13.1. The first kappa shape index (κ1) is 13.7. The van der Waals surface area contributed by atoms with Crippen molar-refractivity contribution in [1.29, 1.82) is 0 Å². The molecule has 0 saturated heterocycles. The van der Waals surface area contributed by atoms with Crippen molar-refractivity contribution in [2.24, 2.45) is 0 Å². The third kappa shape index (κ3) is 3.20. The average Bonchev–Trinajstić information content (AvgIpc) is 2.37. The number of aryl methyl sites for hydroxylation is 1. The zero-order chi connectivity index (χ0) is 14.0. The van der Waals surface area contributed by atoms with Crippen molar-refractivity contribution in [2.75, 3.05) is 5.73 Å². The van der Waals surface area contributed by atoms with E-state index in [0.717, 1.165) is 11.1 Å². The Balaban J connectivity index is 2.20. The predicted molar refractivity (Wildman–Crippen MR) is 77.7 cm³/mol. The lowest BCUT2D eigenvalue weighted by Gasteiger charge is -2.05. The van der Waals surface area contributed by atoms with E-state index < -0.39 is 0 Å². The van der Waals surface area contributed by atoms with Crippen LogP contribution in [-0.2, 0) is 6.42 Å². The zero-order valence-electron chi connectivity index (χ0n) is 10.4. The van der Waals surface area contributed by atoms with Crippen LogP contribution in [-0.4, -0.2) is 5.78 Å². The second-order valence-corrected chi connectivity index (χ2v) is 5.27. The Morgan fingerprint density at radius 3 is 2.63 bits per heavy atom. The summed E-state index contributed by atoms with van der Waals surface area (Å²) in [7, 11) is 0. The molecule has 2 N–H and O–H groups in total. The molecule has 0 fully saturated rings. The number of benzene rings is 2. The summed E-state index contributed by atoms with van der Waals surface area (Å²) >= 11 is 3.11. The van der Waals surface area contributed by atoms with E-state index in [0.29, 0.717) is 15.7 Å². The molecule has 0 unspecified atom stereocenters. The summed E-state index contributed by atoms with van der Waals surface area (Å²) in [6, 6.07) is 9.79. The number of rotatable bonds is 3. The number of carbonyl (C=O) groups excluding carboxylic acids is 1. The van der Waals surface area contributed by atoms with E-state index in [1.165, 1.54) is 6.07 Å². The van der Waals surface area contributed by atoms with Crippen LogP contribution in [0.4, 0.5) is 10.1 Å². The molecule has 0 saturated carbocycles. The lowest BCUT2D eigenvalue weighted by molar-refractivity contribution is 0.0993. The van der Waals surface area contributed by atoms with Crippen molar-refractivity contribution >= 4 is 27.4 Å². The molecule has 0 aliphatic heterocycles. The van der Waals surface area contributed by atoms with Gasteiger partial charge in [-0.3, -0.25) is 4.79 Å². The van der Waals surface area contributed by atoms with Crippen molar-refractivity contribution in [2.45, 2.75) is 13.3 Å². The fourth-order valence-corrected chi connectivity index (χ4v) is 2.21. The van der Waals surface area contributed by atoms with Crippen molar-refractivity contribution < 1.29 is 9.18 Å². The molecule has 0 aliphatic rings. The molecular formula is C15H13BrFNO. The molecule has 2 aromatic carbocycles. The van der Waals surface area contributed by atoms with Crippen LogP contribution in [0, 0.1) is 12.7 Å². The number of nitrogens with two attached hydrogens (primary N) is 1. The van der Waals surface area contributed by atoms with Crippen LogP contribution in [0.25, 0.3) is 0 Å². The summed E-state index contributed by atoms with van der Waals surface area (Å²) in [5.74, 6) is -0.346. The molecule has 19 heavy (non-hydrogen) atoms. The van der Waals surface area contributed by atoms with E-state index in [4.69, 9.17) is 5.73 Å². The summed E-state index contributed by atoms with van der Waals surface area (Å²) in [5.41, 5.74) is 8.66. The van der Waals surface area contributed by atoms with Gasteiger partial charge in [-0.1, -0.05) is 6.07 Å². The lowest BCUT2D eigenvalue weighted by atomic mass is 10.0. The van der Waals surface area contributed by atoms with Gasteiger partial charge in [-0.05, 0) is 64.3 Å². The van der Waals surface area contributed by atoms with Crippen LogP contribution in [0.3, 0.4) is 0 Å². The molecule has 2 rings (SSSR count). The normalized spacial score (nSPS) is 10.5. The molecule has 0 heterocycles. The van der Waals surface area contributed by atoms with Crippen LogP contribution >= 0.6 is 15.9 Å². The first-order valence-electron chi connectivity index (χ1n) is 5.80. The largest absolute Gasteiger partial charge is 0.399 e. The quantitative estimate of drug-likeness (QED) is 0.688. The molecular weight excluding hydrogens is 309 g/mol. The molecule has 0 aromatic heterocycles. The maximum Gasteiger partial charge on any atom is 0.167 e. The van der Waals surface area contributed by atoms with Crippen LogP contribution < -0.4 is 5.73 Å². The Morgan fingerprint density at radius 1 is 1.26 bits per heavy atom. The highest BCUT2D eigenvalue weighted by Gasteiger charge is 2.09. The zero-order valence-corrected chi connectivity index (χ0v) is 12.0. The highest BCUT2D eigenvalue weighted by molar-refractivity contribution is 9.10. The second-order valence-electron chi connectivity index (χ2n) is 4.42. The molecule has 2 nitrogen and oxygen atoms in total. The molecule has 0 aliphatic carbocycles. The van der Waals surface area contributed by atoms with E-state index in [-0.39, 0.29) is 18.0 Å². The monoisotopic (exact) mass is 321 g/mol. The Morgan fingerprint density at radius 2 is 2.00 bits per heavy atom. The fourth-order valence-electron chi connectivity index (χ4n) is 1.79. The molecule has 0 radical (unpaired) electrons. The first-order chi connectivity index (χ1) is 8.97. The summed E-state index contributed by atoms with van der Waals surface area (Å²) in [4.78, 5) is 12.1. The van der Waals surface area contributed by atoms with E-state index in [9.17, 15) is 9.18 Å². The molecule has 0 bridgehead atoms. The van der Waals surface area contributed by atoms with Gasteiger partial charge in [-0.2, -0.15) is 0 Å². The van der Waals surface area contributed by atoms with E-state index in [1.54, 1.807) is 30.3 Å². The highest BCUT2D eigenvalue weighted by Crippen LogP contribution is 2.19. The van der Waals surface area contributed by atoms with Crippen molar-refractivity contribution in [3.63, 3.8) is 0 Å². The SMILES string of the molecule is Cc1cc(C(=O)Cc2ccc(F)c(Br)c2)ccc1N.